The van der Waals surface area contributed by atoms with Gasteiger partial charge in [0.25, 0.3) is 5.91 Å². The van der Waals surface area contributed by atoms with E-state index in [1.54, 1.807) is 6.20 Å². The Labute approximate surface area is 115 Å². The maximum Gasteiger partial charge on any atom is 0.255 e. The van der Waals surface area contributed by atoms with Crippen LogP contribution in [-0.2, 0) is 4.74 Å². The van der Waals surface area contributed by atoms with Crippen LogP contribution in [0.3, 0.4) is 0 Å². The number of halogens is 1. The van der Waals surface area contributed by atoms with Gasteiger partial charge in [-0.3, -0.25) is 9.78 Å². The van der Waals surface area contributed by atoms with Gasteiger partial charge in [0.15, 0.2) is 0 Å². The molecule has 0 radical (unpaired) electrons. The number of aromatic nitrogens is 1. The first kappa shape index (κ1) is 13.5. The summed E-state index contributed by atoms with van der Waals surface area (Å²) in [5.41, 5.74) is 1.56. The predicted octanol–water partition coefficient (Wildman–Crippen LogP) is 2.01. The number of carbonyl (C=O) groups excluding carboxylic acids is 1. The molecule has 0 aromatic carbocycles. The van der Waals surface area contributed by atoms with Crippen molar-refractivity contribution in [3.63, 3.8) is 0 Å². The number of aryl methyl sites for hydroxylation is 1. The van der Waals surface area contributed by atoms with Crippen molar-refractivity contribution in [3.05, 3.63) is 29.6 Å². The maximum atomic E-state index is 12.4. The molecule has 0 bridgehead atoms. The van der Waals surface area contributed by atoms with Crippen molar-refractivity contribution in [3.8, 4) is 0 Å². The molecule has 2 rings (SSSR count). The monoisotopic (exact) mass is 312 g/mol. The minimum absolute atomic E-state index is 0.0317. The molecular formula is C13H17BrN2O2. The molecule has 1 aromatic heterocycles. The summed E-state index contributed by atoms with van der Waals surface area (Å²) in [6.07, 6.45) is 1.71. The second-order valence-electron chi connectivity index (χ2n) is 4.60. The molecule has 1 aliphatic heterocycles. The van der Waals surface area contributed by atoms with E-state index in [1.165, 1.54) is 0 Å². The second-order valence-corrected chi connectivity index (χ2v) is 5.25. The van der Waals surface area contributed by atoms with E-state index in [9.17, 15) is 4.79 Å². The number of rotatable bonds is 2. The lowest BCUT2D eigenvalue weighted by atomic mass is 10.1. The number of hydrogen-bond acceptors (Lipinski definition) is 3. The van der Waals surface area contributed by atoms with Gasteiger partial charge in [-0.2, -0.15) is 0 Å². The summed E-state index contributed by atoms with van der Waals surface area (Å²) in [5, 5.41) is 0.746. The summed E-state index contributed by atoms with van der Waals surface area (Å²) >= 11 is 3.40. The lowest BCUT2D eigenvalue weighted by Gasteiger charge is -2.37. The van der Waals surface area contributed by atoms with E-state index < -0.39 is 0 Å². The third-order valence-corrected chi connectivity index (χ3v) is 3.82. The Kier molecular flexibility index (Phi) is 4.35. The summed E-state index contributed by atoms with van der Waals surface area (Å²) in [6.45, 7) is 5.12. The fourth-order valence-corrected chi connectivity index (χ4v) is 2.35. The molecule has 0 saturated carbocycles. The molecule has 1 saturated heterocycles. The fraction of sp³-hybridized carbons (Fsp3) is 0.538. The SMILES string of the molecule is Cc1ccc(C(=O)N2CC(CBr)OCC2C)cn1. The van der Waals surface area contributed by atoms with Crippen molar-refractivity contribution in [2.75, 3.05) is 18.5 Å². The van der Waals surface area contributed by atoms with E-state index in [-0.39, 0.29) is 18.1 Å². The Morgan fingerprint density at radius 2 is 2.39 bits per heavy atom. The Morgan fingerprint density at radius 1 is 1.61 bits per heavy atom. The molecule has 2 atom stereocenters. The number of amides is 1. The molecule has 98 valence electrons. The molecule has 1 amide bonds. The van der Waals surface area contributed by atoms with Crippen LogP contribution in [0.2, 0.25) is 0 Å². The van der Waals surface area contributed by atoms with Gasteiger partial charge in [-0.15, -0.1) is 0 Å². The molecular weight excluding hydrogens is 296 g/mol. The summed E-state index contributed by atoms with van der Waals surface area (Å²) in [5.74, 6) is 0.0317. The average Bonchev–Trinajstić information content (AvgIpc) is 2.39. The lowest BCUT2D eigenvalue weighted by molar-refractivity contribution is -0.0361. The number of nitrogens with zero attached hydrogens (tertiary/aromatic N) is 2. The number of hydrogen-bond donors (Lipinski definition) is 0. The molecule has 2 unspecified atom stereocenters. The lowest BCUT2D eigenvalue weighted by Crippen LogP contribution is -2.51. The number of carbonyl (C=O) groups is 1. The summed E-state index contributed by atoms with van der Waals surface area (Å²) in [7, 11) is 0. The first-order valence-electron chi connectivity index (χ1n) is 6.03. The molecule has 1 fully saturated rings. The largest absolute Gasteiger partial charge is 0.373 e. The van der Waals surface area contributed by atoms with Crippen LogP contribution in [0.25, 0.3) is 0 Å². The van der Waals surface area contributed by atoms with E-state index in [4.69, 9.17) is 4.74 Å². The van der Waals surface area contributed by atoms with E-state index in [1.807, 2.05) is 30.9 Å². The molecule has 0 N–H and O–H groups in total. The fourth-order valence-electron chi connectivity index (χ4n) is 1.95. The normalized spacial score (nSPS) is 24.1. The Hall–Kier alpha value is -0.940. The minimum Gasteiger partial charge on any atom is -0.373 e. The highest BCUT2D eigenvalue weighted by atomic mass is 79.9. The average molecular weight is 313 g/mol. The van der Waals surface area contributed by atoms with E-state index in [2.05, 4.69) is 20.9 Å². The quantitative estimate of drug-likeness (QED) is 0.785. The van der Waals surface area contributed by atoms with E-state index in [0.717, 1.165) is 11.0 Å². The van der Waals surface area contributed by atoms with Crippen molar-refractivity contribution >= 4 is 21.8 Å². The standard InChI is InChI=1S/C13H17BrN2O2/c1-9-3-4-11(6-15-9)13(17)16-7-12(5-14)18-8-10(16)2/h3-4,6,10,12H,5,7-8H2,1-2H3. The number of alkyl halides is 1. The van der Waals surface area contributed by atoms with Crippen molar-refractivity contribution < 1.29 is 9.53 Å². The zero-order valence-corrected chi connectivity index (χ0v) is 12.2. The topological polar surface area (TPSA) is 42.4 Å². The number of morpholine rings is 1. The van der Waals surface area contributed by atoms with E-state index in [0.29, 0.717) is 18.7 Å². The van der Waals surface area contributed by atoms with Gasteiger partial charge in [0.1, 0.15) is 0 Å². The number of pyridine rings is 1. The third-order valence-electron chi connectivity index (χ3n) is 3.10. The van der Waals surface area contributed by atoms with Crippen molar-refractivity contribution in [2.45, 2.75) is 26.0 Å². The van der Waals surface area contributed by atoms with Crippen LogP contribution in [0, 0.1) is 6.92 Å². The number of ether oxygens (including phenoxy) is 1. The van der Waals surface area contributed by atoms with Crippen LogP contribution in [0.1, 0.15) is 23.0 Å². The Bertz CT molecular complexity index is 422. The van der Waals surface area contributed by atoms with Crippen LogP contribution in [-0.4, -0.2) is 46.4 Å². The molecule has 5 heteroatoms. The van der Waals surface area contributed by atoms with Gasteiger partial charge in [0, 0.05) is 23.8 Å². The summed E-state index contributed by atoms with van der Waals surface area (Å²) in [6, 6.07) is 3.80. The minimum atomic E-state index is 0.0317. The van der Waals surface area contributed by atoms with Gasteiger partial charge in [-0.25, -0.2) is 0 Å². The molecule has 4 nitrogen and oxygen atoms in total. The zero-order chi connectivity index (χ0) is 13.1. The Balaban J connectivity index is 2.13. The van der Waals surface area contributed by atoms with Crippen LogP contribution in [0.15, 0.2) is 18.3 Å². The molecule has 18 heavy (non-hydrogen) atoms. The van der Waals surface area contributed by atoms with Crippen molar-refractivity contribution in [1.29, 1.82) is 0 Å². The van der Waals surface area contributed by atoms with Crippen molar-refractivity contribution in [2.24, 2.45) is 0 Å². The molecule has 1 aromatic rings. The first-order valence-corrected chi connectivity index (χ1v) is 7.15. The summed E-state index contributed by atoms with van der Waals surface area (Å²) in [4.78, 5) is 18.4. The Morgan fingerprint density at radius 3 is 3.00 bits per heavy atom. The van der Waals surface area contributed by atoms with Gasteiger partial charge in [-0.1, -0.05) is 15.9 Å². The third kappa shape index (κ3) is 2.90. The molecule has 0 aliphatic carbocycles. The summed E-state index contributed by atoms with van der Waals surface area (Å²) < 4.78 is 5.62. The molecule has 0 spiro atoms. The van der Waals surface area contributed by atoms with Gasteiger partial charge in [0.05, 0.1) is 24.3 Å². The van der Waals surface area contributed by atoms with Crippen molar-refractivity contribution in [1.82, 2.24) is 9.88 Å². The van der Waals surface area contributed by atoms with Crippen LogP contribution < -0.4 is 0 Å². The van der Waals surface area contributed by atoms with Gasteiger partial charge >= 0.3 is 0 Å². The highest BCUT2D eigenvalue weighted by Crippen LogP contribution is 2.16. The predicted molar refractivity (Wildman–Crippen MR) is 73.0 cm³/mol. The molecule has 2 heterocycles. The highest BCUT2D eigenvalue weighted by molar-refractivity contribution is 9.09. The van der Waals surface area contributed by atoms with Crippen LogP contribution in [0.5, 0.6) is 0 Å². The van der Waals surface area contributed by atoms with Crippen LogP contribution in [0.4, 0.5) is 0 Å². The van der Waals surface area contributed by atoms with Gasteiger partial charge in [0.2, 0.25) is 0 Å². The second kappa shape index (κ2) is 5.80. The smallest absolute Gasteiger partial charge is 0.255 e. The van der Waals surface area contributed by atoms with Gasteiger partial charge in [-0.05, 0) is 26.0 Å². The van der Waals surface area contributed by atoms with E-state index >= 15 is 0 Å². The van der Waals surface area contributed by atoms with Gasteiger partial charge < -0.3 is 9.64 Å². The maximum absolute atomic E-state index is 12.4. The van der Waals surface area contributed by atoms with Crippen LogP contribution >= 0.6 is 15.9 Å². The molecule has 1 aliphatic rings. The highest BCUT2D eigenvalue weighted by Gasteiger charge is 2.29. The zero-order valence-electron chi connectivity index (χ0n) is 10.6. The first-order chi connectivity index (χ1) is 8.61.